The van der Waals surface area contributed by atoms with Crippen LogP contribution in [0.15, 0.2) is 36.5 Å². The Balaban J connectivity index is 2.08. The number of aliphatic carboxylic acids is 1. The summed E-state index contributed by atoms with van der Waals surface area (Å²) in [5.74, 6) is -1.24. The van der Waals surface area contributed by atoms with Gasteiger partial charge in [-0.2, -0.15) is 0 Å². The van der Waals surface area contributed by atoms with E-state index in [0.29, 0.717) is 5.69 Å². The lowest BCUT2D eigenvalue weighted by Crippen LogP contribution is -2.17. The van der Waals surface area contributed by atoms with E-state index < -0.39 is 16.0 Å². The number of rotatable bonds is 6. The first-order valence-electron chi connectivity index (χ1n) is 6.03. The lowest BCUT2D eigenvalue weighted by molar-refractivity contribution is -0.137. The Bertz CT molecular complexity index is 728. The number of fused-ring (bicyclic) bond motifs is 1. The van der Waals surface area contributed by atoms with E-state index in [-0.39, 0.29) is 18.6 Å². The third-order valence-electron chi connectivity index (χ3n) is 2.67. The summed E-state index contributed by atoms with van der Waals surface area (Å²) < 4.78 is 26.0. The third kappa shape index (κ3) is 3.92. The van der Waals surface area contributed by atoms with Crippen molar-refractivity contribution in [3.05, 3.63) is 36.5 Å². The number of nitrogens with zero attached hydrogens (tertiary/aromatic N) is 1. The van der Waals surface area contributed by atoms with E-state index in [4.69, 9.17) is 5.11 Å². The number of hydrogen-bond donors (Lipinski definition) is 2. The van der Waals surface area contributed by atoms with Crippen molar-refractivity contribution in [1.82, 2.24) is 4.98 Å². The molecule has 1 aromatic heterocycles. The van der Waals surface area contributed by atoms with Gasteiger partial charge >= 0.3 is 5.97 Å². The molecule has 2 rings (SSSR count). The minimum Gasteiger partial charge on any atom is -0.481 e. The maximum atomic E-state index is 11.8. The molecule has 1 heterocycles. The van der Waals surface area contributed by atoms with Crippen molar-refractivity contribution >= 4 is 32.6 Å². The van der Waals surface area contributed by atoms with Crippen LogP contribution >= 0.6 is 0 Å². The summed E-state index contributed by atoms with van der Waals surface area (Å²) in [5.41, 5.74) is 1.15. The quantitative estimate of drug-likeness (QED) is 0.847. The topological polar surface area (TPSA) is 96.4 Å². The fourth-order valence-electron chi connectivity index (χ4n) is 1.77. The van der Waals surface area contributed by atoms with E-state index in [1.54, 1.807) is 6.07 Å². The monoisotopic (exact) mass is 294 g/mol. The molecule has 0 saturated heterocycles. The van der Waals surface area contributed by atoms with Crippen LogP contribution in [0.1, 0.15) is 12.8 Å². The highest BCUT2D eigenvalue weighted by Crippen LogP contribution is 2.17. The second-order valence-electron chi connectivity index (χ2n) is 4.33. The molecule has 0 saturated carbocycles. The van der Waals surface area contributed by atoms with Gasteiger partial charge in [0.15, 0.2) is 0 Å². The third-order valence-corrected chi connectivity index (χ3v) is 4.04. The van der Waals surface area contributed by atoms with Gasteiger partial charge in [-0.05, 0) is 18.6 Å². The Morgan fingerprint density at radius 3 is 2.80 bits per heavy atom. The summed E-state index contributed by atoms with van der Waals surface area (Å²) in [6.07, 6.45) is 1.35. The number of aromatic nitrogens is 1. The molecule has 0 spiro atoms. The van der Waals surface area contributed by atoms with Crippen LogP contribution in [0.3, 0.4) is 0 Å². The molecule has 0 unspecified atom stereocenters. The van der Waals surface area contributed by atoms with E-state index in [0.717, 1.165) is 10.9 Å². The van der Waals surface area contributed by atoms with Crippen molar-refractivity contribution in [2.45, 2.75) is 12.8 Å². The molecule has 0 atom stereocenters. The van der Waals surface area contributed by atoms with Crippen LogP contribution in [0.4, 0.5) is 5.69 Å². The molecule has 2 N–H and O–H groups in total. The first kappa shape index (κ1) is 14.3. The first-order chi connectivity index (χ1) is 9.46. The number of hydrogen-bond acceptors (Lipinski definition) is 4. The highest BCUT2D eigenvalue weighted by molar-refractivity contribution is 7.92. The van der Waals surface area contributed by atoms with Gasteiger partial charge in [0.1, 0.15) is 0 Å². The van der Waals surface area contributed by atoms with E-state index in [9.17, 15) is 13.2 Å². The van der Waals surface area contributed by atoms with Gasteiger partial charge in [0.2, 0.25) is 10.0 Å². The molecular weight excluding hydrogens is 280 g/mol. The summed E-state index contributed by atoms with van der Waals surface area (Å²) in [7, 11) is -3.55. The molecule has 0 bridgehead atoms. The van der Waals surface area contributed by atoms with Crippen molar-refractivity contribution in [2.24, 2.45) is 0 Å². The normalized spacial score (nSPS) is 11.4. The number of carbonyl (C=O) groups is 1. The van der Waals surface area contributed by atoms with Gasteiger partial charge in [0, 0.05) is 11.8 Å². The summed E-state index contributed by atoms with van der Waals surface area (Å²) in [5, 5.41) is 9.32. The van der Waals surface area contributed by atoms with Crippen molar-refractivity contribution in [2.75, 3.05) is 10.5 Å². The SMILES string of the molecule is O=C(O)CCCS(=O)(=O)Nc1cnc2ccccc2c1. The molecule has 7 heteroatoms. The molecule has 106 valence electrons. The zero-order valence-electron chi connectivity index (χ0n) is 10.6. The highest BCUT2D eigenvalue weighted by atomic mass is 32.2. The number of anilines is 1. The van der Waals surface area contributed by atoms with Gasteiger partial charge in [-0.1, -0.05) is 18.2 Å². The number of pyridine rings is 1. The van der Waals surface area contributed by atoms with Gasteiger partial charge < -0.3 is 5.11 Å². The van der Waals surface area contributed by atoms with Gasteiger partial charge in [-0.25, -0.2) is 8.42 Å². The second-order valence-corrected chi connectivity index (χ2v) is 6.18. The number of nitrogens with one attached hydrogen (secondary N) is 1. The molecular formula is C13H14N2O4S. The Morgan fingerprint density at radius 1 is 1.30 bits per heavy atom. The summed E-state index contributed by atoms with van der Waals surface area (Å²) in [4.78, 5) is 14.5. The summed E-state index contributed by atoms with van der Waals surface area (Å²) >= 11 is 0. The van der Waals surface area contributed by atoms with Crippen LogP contribution in [0, 0.1) is 0 Å². The smallest absolute Gasteiger partial charge is 0.303 e. The average Bonchev–Trinajstić information content (AvgIpc) is 2.37. The second kappa shape index (κ2) is 5.87. The molecule has 0 aliphatic heterocycles. The summed E-state index contributed by atoms with van der Waals surface area (Å²) in [6, 6.07) is 9.06. The van der Waals surface area contributed by atoms with E-state index >= 15 is 0 Å². The van der Waals surface area contributed by atoms with Crippen LogP contribution in [0.25, 0.3) is 10.9 Å². The lowest BCUT2D eigenvalue weighted by atomic mass is 10.2. The Labute approximate surface area is 116 Å². The van der Waals surface area contributed by atoms with E-state index in [2.05, 4.69) is 9.71 Å². The molecule has 0 aliphatic rings. The molecule has 1 aromatic carbocycles. The molecule has 2 aromatic rings. The molecule has 0 amide bonds. The highest BCUT2D eigenvalue weighted by Gasteiger charge is 2.12. The van der Waals surface area contributed by atoms with Gasteiger partial charge in [0.05, 0.1) is 23.2 Å². The Hall–Kier alpha value is -2.15. The Morgan fingerprint density at radius 2 is 2.05 bits per heavy atom. The minimum absolute atomic E-state index is 0.0751. The first-order valence-corrected chi connectivity index (χ1v) is 7.68. The van der Waals surface area contributed by atoms with Gasteiger partial charge in [0.25, 0.3) is 0 Å². The maximum absolute atomic E-state index is 11.8. The zero-order chi connectivity index (χ0) is 14.6. The van der Waals surface area contributed by atoms with Crippen molar-refractivity contribution in [3.8, 4) is 0 Å². The van der Waals surface area contributed by atoms with Gasteiger partial charge in [-0.15, -0.1) is 0 Å². The molecule has 0 fully saturated rings. The summed E-state index contributed by atoms with van der Waals surface area (Å²) in [6.45, 7) is 0. The Kier molecular flexibility index (Phi) is 4.19. The predicted octanol–water partition coefficient (Wildman–Crippen LogP) is 1.84. The molecule has 0 radical (unpaired) electrons. The standard InChI is InChI=1S/C13H14N2O4S/c16-13(17)6-3-7-20(18,19)15-11-8-10-4-1-2-5-12(10)14-9-11/h1-2,4-5,8-9,15H,3,6-7H2,(H,16,17). The average molecular weight is 294 g/mol. The van der Waals surface area contributed by atoms with Crippen LogP contribution < -0.4 is 4.72 Å². The number of benzene rings is 1. The molecule has 0 aliphatic carbocycles. The van der Waals surface area contributed by atoms with Crippen molar-refractivity contribution in [3.63, 3.8) is 0 Å². The zero-order valence-corrected chi connectivity index (χ0v) is 11.4. The van der Waals surface area contributed by atoms with Crippen LogP contribution in [-0.2, 0) is 14.8 Å². The van der Waals surface area contributed by atoms with Gasteiger partial charge in [-0.3, -0.25) is 14.5 Å². The minimum atomic E-state index is -3.55. The lowest BCUT2D eigenvalue weighted by Gasteiger charge is -2.07. The molecule has 20 heavy (non-hydrogen) atoms. The van der Waals surface area contributed by atoms with E-state index in [1.807, 2.05) is 24.3 Å². The fourth-order valence-corrected chi connectivity index (χ4v) is 2.87. The number of sulfonamides is 1. The van der Waals surface area contributed by atoms with Crippen LogP contribution in [0.2, 0.25) is 0 Å². The largest absolute Gasteiger partial charge is 0.481 e. The maximum Gasteiger partial charge on any atom is 0.303 e. The number of para-hydroxylation sites is 1. The van der Waals surface area contributed by atoms with Crippen LogP contribution in [0.5, 0.6) is 0 Å². The number of carboxylic acid groups (broad SMARTS) is 1. The number of carboxylic acids is 1. The van der Waals surface area contributed by atoms with Crippen molar-refractivity contribution < 1.29 is 18.3 Å². The van der Waals surface area contributed by atoms with E-state index in [1.165, 1.54) is 6.20 Å². The molecule has 6 nitrogen and oxygen atoms in total. The van der Waals surface area contributed by atoms with Crippen molar-refractivity contribution in [1.29, 1.82) is 0 Å². The fraction of sp³-hybridized carbons (Fsp3) is 0.231. The predicted molar refractivity (Wildman–Crippen MR) is 76.0 cm³/mol. The van der Waals surface area contributed by atoms with Crippen LogP contribution in [-0.4, -0.2) is 30.2 Å².